The highest BCUT2D eigenvalue weighted by Crippen LogP contribution is 2.33. The van der Waals surface area contributed by atoms with Gasteiger partial charge in [-0.1, -0.05) is 30.1 Å². The van der Waals surface area contributed by atoms with Gasteiger partial charge in [0.25, 0.3) is 0 Å². The van der Waals surface area contributed by atoms with Crippen LogP contribution in [-0.2, 0) is 19.4 Å². The second-order valence-electron chi connectivity index (χ2n) is 4.69. The van der Waals surface area contributed by atoms with E-state index in [0.29, 0.717) is 35.4 Å². The molecule has 114 valence electrons. The van der Waals surface area contributed by atoms with Gasteiger partial charge in [0.1, 0.15) is 12.4 Å². The lowest BCUT2D eigenvalue weighted by molar-refractivity contribution is 0.299. The van der Waals surface area contributed by atoms with Crippen LogP contribution in [-0.4, -0.2) is 11.5 Å². The highest BCUT2D eigenvalue weighted by atomic mass is 35.5. The molecule has 1 aromatic heterocycles. The predicted octanol–water partition coefficient (Wildman–Crippen LogP) is 4.48. The molecular weight excluding hydrogens is 327 g/mol. The van der Waals surface area contributed by atoms with Crippen molar-refractivity contribution in [2.45, 2.75) is 32.8 Å². The van der Waals surface area contributed by atoms with Gasteiger partial charge < -0.3 is 10.5 Å². The minimum atomic E-state index is 0.402. The Morgan fingerprint density at radius 3 is 2.81 bits per heavy atom. The second-order valence-corrected chi connectivity index (χ2v) is 6.47. The van der Waals surface area contributed by atoms with Crippen LogP contribution in [0.3, 0.4) is 0 Å². The first-order chi connectivity index (χ1) is 10.1. The summed E-state index contributed by atoms with van der Waals surface area (Å²) in [4.78, 5) is 4.54. The maximum absolute atomic E-state index is 6.22. The Labute approximate surface area is 139 Å². The maximum Gasteiger partial charge on any atom is 0.141 e. The second kappa shape index (κ2) is 7.99. The van der Waals surface area contributed by atoms with Gasteiger partial charge in [-0.25, -0.2) is 4.98 Å². The van der Waals surface area contributed by atoms with Gasteiger partial charge in [0, 0.05) is 10.4 Å². The monoisotopic (exact) mass is 344 g/mol. The zero-order valence-corrected chi connectivity index (χ0v) is 14.2. The van der Waals surface area contributed by atoms with E-state index in [9.17, 15) is 0 Å². The molecule has 0 aliphatic rings. The van der Waals surface area contributed by atoms with Crippen molar-refractivity contribution in [1.29, 1.82) is 0 Å². The zero-order valence-electron chi connectivity index (χ0n) is 11.9. The number of benzene rings is 1. The Balaban J connectivity index is 2.11. The zero-order chi connectivity index (χ0) is 15.2. The first-order valence-corrected chi connectivity index (χ1v) is 8.51. The SMILES string of the molecule is CCCc1nc(COc2c(Cl)cc(Cl)cc2CCN)cs1. The molecule has 2 N–H and O–H groups in total. The summed E-state index contributed by atoms with van der Waals surface area (Å²) in [7, 11) is 0. The van der Waals surface area contributed by atoms with Crippen molar-refractivity contribution in [3.8, 4) is 5.75 Å². The van der Waals surface area contributed by atoms with Crippen LogP contribution in [0, 0.1) is 0 Å². The molecule has 0 aliphatic heterocycles. The van der Waals surface area contributed by atoms with Crippen molar-refractivity contribution >= 4 is 34.5 Å². The first-order valence-electron chi connectivity index (χ1n) is 6.88. The van der Waals surface area contributed by atoms with Crippen molar-refractivity contribution in [2.24, 2.45) is 5.73 Å². The Morgan fingerprint density at radius 1 is 1.29 bits per heavy atom. The fraction of sp³-hybridized carbons (Fsp3) is 0.400. The van der Waals surface area contributed by atoms with Gasteiger partial charge in [0.05, 0.1) is 15.7 Å². The van der Waals surface area contributed by atoms with Crippen molar-refractivity contribution in [2.75, 3.05) is 6.54 Å². The molecular formula is C15H18Cl2N2OS. The number of rotatable bonds is 7. The van der Waals surface area contributed by atoms with E-state index in [1.807, 2.05) is 11.4 Å². The van der Waals surface area contributed by atoms with E-state index in [2.05, 4.69) is 11.9 Å². The summed E-state index contributed by atoms with van der Waals surface area (Å²) in [6.45, 7) is 3.06. The lowest BCUT2D eigenvalue weighted by Crippen LogP contribution is -2.06. The fourth-order valence-electron chi connectivity index (χ4n) is 2.01. The molecule has 2 aromatic rings. The number of aromatic nitrogens is 1. The van der Waals surface area contributed by atoms with E-state index < -0.39 is 0 Å². The third kappa shape index (κ3) is 4.58. The van der Waals surface area contributed by atoms with Crippen LogP contribution in [0.5, 0.6) is 5.75 Å². The van der Waals surface area contributed by atoms with Crippen molar-refractivity contribution in [1.82, 2.24) is 4.98 Å². The van der Waals surface area contributed by atoms with E-state index in [1.54, 1.807) is 17.4 Å². The third-order valence-corrected chi connectivity index (χ3v) is 4.38. The lowest BCUT2D eigenvalue weighted by atomic mass is 10.1. The van der Waals surface area contributed by atoms with Gasteiger partial charge >= 0.3 is 0 Å². The smallest absolute Gasteiger partial charge is 0.141 e. The molecule has 1 heterocycles. The van der Waals surface area contributed by atoms with Gasteiger partial charge in [-0.15, -0.1) is 11.3 Å². The molecule has 0 fully saturated rings. The van der Waals surface area contributed by atoms with E-state index in [0.717, 1.165) is 29.1 Å². The number of thiazole rings is 1. The van der Waals surface area contributed by atoms with Crippen LogP contribution in [0.4, 0.5) is 0 Å². The van der Waals surface area contributed by atoms with E-state index >= 15 is 0 Å². The summed E-state index contributed by atoms with van der Waals surface area (Å²) < 4.78 is 5.85. The lowest BCUT2D eigenvalue weighted by Gasteiger charge is -2.12. The molecule has 0 spiro atoms. The largest absolute Gasteiger partial charge is 0.485 e. The number of nitrogens with two attached hydrogens (primary N) is 1. The van der Waals surface area contributed by atoms with Crippen molar-refractivity contribution in [3.63, 3.8) is 0 Å². The summed E-state index contributed by atoms with van der Waals surface area (Å²) in [5, 5.41) is 4.27. The number of hydrogen-bond acceptors (Lipinski definition) is 4. The highest BCUT2D eigenvalue weighted by Gasteiger charge is 2.11. The summed E-state index contributed by atoms with van der Waals surface area (Å²) in [5.41, 5.74) is 7.47. The molecule has 2 rings (SSSR count). The summed E-state index contributed by atoms with van der Waals surface area (Å²) >= 11 is 13.9. The Kier molecular flexibility index (Phi) is 6.30. The number of aryl methyl sites for hydroxylation is 1. The molecule has 0 aliphatic carbocycles. The quantitative estimate of drug-likeness (QED) is 0.805. The number of ether oxygens (including phenoxy) is 1. The van der Waals surface area contributed by atoms with Gasteiger partial charge in [-0.05, 0) is 43.5 Å². The summed E-state index contributed by atoms with van der Waals surface area (Å²) in [6.07, 6.45) is 2.77. The average Bonchev–Trinajstić information content (AvgIpc) is 2.86. The summed E-state index contributed by atoms with van der Waals surface area (Å²) in [6, 6.07) is 3.53. The molecule has 0 saturated carbocycles. The molecule has 0 saturated heterocycles. The minimum Gasteiger partial charge on any atom is -0.485 e. The standard InChI is InChI=1S/C15H18Cl2N2OS/c1-2-3-14-19-12(9-21-14)8-20-15-10(4-5-18)6-11(16)7-13(15)17/h6-7,9H,2-5,8,18H2,1H3. The average molecular weight is 345 g/mol. The van der Waals surface area contributed by atoms with Gasteiger partial charge in [0.2, 0.25) is 0 Å². The molecule has 0 atom stereocenters. The van der Waals surface area contributed by atoms with Crippen molar-refractivity contribution < 1.29 is 4.74 Å². The predicted molar refractivity (Wildman–Crippen MR) is 89.7 cm³/mol. The molecule has 6 heteroatoms. The normalized spacial score (nSPS) is 10.9. The van der Waals surface area contributed by atoms with E-state index in [4.69, 9.17) is 33.7 Å². The summed E-state index contributed by atoms with van der Waals surface area (Å²) in [5.74, 6) is 0.650. The Bertz CT molecular complexity index is 601. The molecule has 3 nitrogen and oxygen atoms in total. The van der Waals surface area contributed by atoms with Gasteiger partial charge in [-0.2, -0.15) is 0 Å². The van der Waals surface area contributed by atoms with Crippen LogP contribution >= 0.6 is 34.5 Å². The Morgan fingerprint density at radius 2 is 2.10 bits per heavy atom. The highest BCUT2D eigenvalue weighted by molar-refractivity contribution is 7.09. The van der Waals surface area contributed by atoms with Gasteiger partial charge in [0.15, 0.2) is 0 Å². The van der Waals surface area contributed by atoms with Crippen LogP contribution in [0.2, 0.25) is 10.0 Å². The molecule has 0 unspecified atom stereocenters. The number of nitrogens with zero attached hydrogens (tertiary/aromatic N) is 1. The first kappa shape index (κ1) is 16.6. The molecule has 0 radical (unpaired) electrons. The van der Waals surface area contributed by atoms with Crippen LogP contribution in [0.15, 0.2) is 17.5 Å². The minimum absolute atomic E-state index is 0.402. The van der Waals surface area contributed by atoms with Gasteiger partial charge in [-0.3, -0.25) is 0 Å². The van der Waals surface area contributed by atoms with E-state index in [1.165, 1.54) is 0 Å². The van der Waals surface area contributed by atoms with Crippen LogP contribution in [0.25, 0.3) is 0 Å². The molecule has 21 heavy (non-hydrogen) atoms. The van der Waals surface area contributed by atoms with Crippen LogP contribution < -0.4 is 10.5 Å². The third-order valence-electron chi connectivity index (χ3n) is 2.93. The topological polar surface area (TPSA) is 48.1 Å². The van der Waals surface area contributed by atoms with Crippen molar-refractivity contribution in [3.05, 3.63) is 43.8 Å². The fourth-order valence-corrected chi connectivity index (χ4v) is 3.48. The van der Waals surface area contributed by atoms with Crippen LogP contribution in [0.1, 0.15) is 29.6 Å². The number of hydrogen-bond donors (Lipinski definition) is 1. The van der Waals surface area contributed by atoms with E-state index in [-0.39, 0.29) is 0 Å². The molecule has 0 bridgehead atoms. The molecule has 0 amide bonds. The molecule has 1 aromatic carbocycles. The maximum atomic E-state index is 6.22. The Hall–Kier alpha value is -0.810. The number of halogens is 2.